The van der Waals surface area contributed by atoms with Crippen molar-refractivity contribution in [3.8, 4) is 0 Å². The van der Waals surface area contributed by atoms with Crippen LogP contribution in [0.25, 0.3) is 0 Å². The molecule has 4 nitrogen and oxygen atoms in total. The van der Waals surface area contributed by atoms with Gasteiger partial charge in [-0.1, -0.05) is 11.6 Å². The molecular formula is C10H11BrClNO3S. The molecule has 94 valence electrons. The summed E-state index contributed by atoms with van der Waals surface area (Å²) in [5.74, 6) is 0. The highest BCUT2D eigenvalue weighted by molar-refractivity contribution is 9.10. The maximum absolute atomic E-state index is 11.9. The maximum atomic E-state index is 11.9. The predicted molar refractivity (Wildman–Crippen MR) is 68.5 cm³/mol. The zero-order valence-corrected chi connectivity index (χ0v) is 11.9. The van der Waals surface area contributed by atoms with E-state index in [0.29, 0.717) is 22.3 Å². The van der Waals surface area contributed by atoms with Crippen LogP contribution in [0.3, 0.4) is 0 Å². The van der Waals surface area contributed by atoms with Gasteiger partial charge in [-0.2, -0.15) is 0 Å². The van der Waals surface area contributed by atoms with E-state index in [-0.39, 0.29) is 10.9 Å². The highest BCUT2D eigenvalue weighted by Gasteiger charge is 2.31. The summed E-state index contributed by atoms with van der Waals surface area (Å²) in [5.41, 5.74) is 0. The van der Waals surface area contributed by atoms with Crippen LogP contribution in [-0.2, 0) is 10.0 Å². The number of hydrogen-bond donors (Lipinski definition) is 2. The smallest absolute Gasteiger partial charge is 0.240 e. The molecule has 0 saturated heterocycles. The molecule has 0 radical (unpaired) electrons. The molecule has 0 amide bonds. The Morgan fingerprint density at radius 3 is 2.59 bits per heavy atom. The van der Waals surface area contributed by atoms with Crippen molar-refractivity contribution in [2.75, 3.05) is 0 Å². The quantitative estimate of drug-likeness (QED) is 0.883. The van der Waals surface area contributed by atoms with Crippen molar-refractivity contribution in [2.24, 2.45) is 0 Å². The van der Waals surface area contributed by atoms with Gasteiger partial charge >= 0.3 is 0 Å². The fourth-order valence-corrected chi connectivity index (χ4v) is 3.39. The largest absolute Gasteiger partial charge is 0.393 e. The highest BCUT2D eigenvalue weighted by Crippen LogP contribution is 2.27. The Morgan fingerprint density at radius 2 is 2.06 bits per heavy atom. The van der Waals surface area contributed by atoms with Gasteiger partial charge in [0.2, 0.25) is 10.0 Å². The summed E-state index contributed by atoms with van der Waals surface area (Å²) in [6.07, 6.45) is 0.531. The second-order valence-corrected chi connectivity index (χ2v) is 6.99. The van der Waals surface area contributed by atoms with Crippen LogP contribution in [-0.4, -0.2) is 25.7 Å². The van der Waals surface area contributed by atoms with Gasteiger partial charge in [-0.25, -0.2) is 13.1 Å². The lowest BCUT2D eigenvalue weighted by Crippen LogP contribution is -2.46. The second-order valence-electron chi connectivity index (χ2n) is 4.02. The molecule has 17 heavy (non-hydrogen) atoms. The van der Waals surface area contributed by atoms with Gasteiger partial charge in [-0.15, -0.1) is 0 Å². The molecule has 0 atom stereocenters. The van der Waals surface area contributed by atoms with Crippen molar-refractivity contribution in [2.45, 2.75) is 29.9 Å². The zero-order valence-electron chi connectivity index (χ0n) is 8.73. The average Bonchev–Trinajstić information content (AvgIpc) is 2.19. The number of rotatable bonds is 3. The van der Waals surface area contributed by atoms with Crippen LogP contribution >= 0.6 is 27.5 Å². The number of sulfonamides is 1. The summed E-state index contributed by atoms with van der Waals surface area (Å²) >= 11 is 9.05. The molecule has 2 N–H and O–H groups in total. The van der Waals surface area contributed by atoms with E-state index in [4.69, 9.17) is 16.7 Å². The molecule has 0 aromatic heterocycles. The molecule has 2 rings (SSSR count). The van der Waals surface area contributed by atoms with Gasteiger partial charge in [0.05, 0.1) is 16.0 Å². The molecule has 1 aromatic rings. The van der Waals surface area contributed by atoms with Crippen molar-refractivity contribution in [1.29, 1.82) is 0 Å². The normalized spacial score (nSPS) is 24.4. The topological polar surface area (TPSA) is 66.4 Å². The lowest BCUT2D eigenvalue weighted by molar-refractivity contribution is 0.0712. The number of nitrogens with one attached hydrogen (secondary N) is 1. The monoisotopic (exact) mass is 339 g/mol. The van der Waals surface area contributed by atoms with Crippen molar-refractivity contribution in [3.05, 3.63) is 27.7 Å². The molecule has 7 heteroatoms. The SMILES string of the molecule is O=S(=O)(NC1CC(O)C1)c1ccc(Br)c(Cl)c1. The fraction of sp³-hybridized carbons (Fsp3) is 0.400. The zero-order chi connectivity index (χ0) is 12.6. The first-order valence-electron chi connectivity index (χ1n) is 5.04. The number of benzene rings is 1. The van der Waals surface area contributed by atoms with Gasteiger partial charge in [0.1, 0.15) is 0 Å². The molecular weight excluding hydrogens is 330 g/mol. The lowest BCUT2D eigenvalue weighted by Gasteiger charge is -2.31. The second kappa shape index (κ2) is 4.85. The van der Waals surface area contributed by atoms with Crippen LogP contribution in [0.1, 0.15) is 12.8 Å². The first kappa shape index (κ1) is 13.3. The molecule has 1 saturated carbocycles. The molecule has 1 aliphatic rings. The minimum absolute atomic E-state index is 0.132. The number of hydrogen-bond acceptors (Lipinski definition) is 3. The van der Waals surface area contributed by atoms with Crippen LogP contribution in [0.5, 0.6) is 0 Å². The van der Waals surface area contributed by atoms with Crippen molar-refractivity contribution >= 4 is 37.6 Å². The molecule has 1 aliphatic carbocycles. The van der Waals surface area contributed by atoms with Gasteiger partial charge in [-0.3, -0.25) is 0 Å². The van der Waals surface area contributed by atoms with Crippen LogP contribution < -0.4 is 4.72 Å². The predicted octanol–water partition coefficient (Wildman–Crippen LogP) is 1.90. The molecule has 0 spiro atoms. The van der Waals surface area contributed by atoms with Crippen LogP contribution in [0.15, 0.2) is 27.6 Å². The van der Waals surface area contributed by atoms with Gasteiger partial charge in [0, 0.05) is 10.5 Å². The molecule has 0 heterocycles. The van der Waals surface area contributed by atoms with E-state index < -0.39 is 16.1 Å². The van der Waals surface area contributed by atoms with Gasteiger partial charge in [0.25, 0.3) is 0 Å². The maximum Gasteiger partial charge on any atom is 0.240 e. The summed E-state index contributed by atoms with van der Waals surface area (Å²) in [6.45, 7) is 0. The van der Waals surface area contributed by atoms with E-state index in [9.17, 15) is 8.42 Å². The first-order valence-corrected chi connectivity index (χ1v) is 7.69. The van der Waals surface area contributed by atoms with E-state index >= 15 is 0 Å². The summed E-state index contributed by atoms with van der Waals surface area (Å²) in [6, 6.07) is 4.28. The number of aliphatic hydroxyl groups is 1. The minimum atomic E-state index is -3.55. The third kappa shape index (κ3) is 3.00. The Balaban J connectivity index is 2.17. The average molecular weight is 341 g/mol. The Kier molecular flexibility index (Phi) is 3.80. The molecule has 0 unspecified atom stereocenters. The van der Waals surface area contributed by atoms with E-state index in [1.165, 1.54) is 12.1 Å². The van der Waals surface area contributed by atoms with E-state index in [0.717, 1.165) is 0 Å². The summed E-state index contributed by atoms with van der Waals surface area (Å²) in [5, 5.41) is 9.45. The Morgan fingerprint density at radius 1 is 1.41 bits per heavy atom. The summed E-state index contributed by atoms with van der Waals surface area (Å²) in [7, 11) is -3.55. The summed E-state index contributed by atoms with van der Waals surface area (Å²) < 4.78 is 27.1. The van der Waals surface area contributed by atoms with E-state index in [1.54, 1.807) is 6.07 Å². The van der Waals surface area contributed by atoms with Crippen LogP contribution in [0.2, 0.25) is 5.02 Å². The molecule has 1 aromatic carbocycles. The van der Waals surface area contributed by atoms with Crippen LogP contribution in [0.4, 0.5) is 0 Å². The van der Waals surface area contributed by atoms with Crippen molar-refractivity contribution in [1.82, 2.24) is 4.72 Å². The van der Waals surface area contributed by atoms with E-state index in [2.05, 4.69) is 20.7 Å². The van der Waals surface area contributed by atoms with Gasteiger partial charge in [-0.05, 0) is 47.0 Å². The van der Waals surface area contributed by atoms with Crippen molar-refractivity contribution < 1.29 is 13.5 Å². The Hall–Kier alpha value is -0.140. The third-order valence-corrected chi connectivity index (χ3v) is 5.39. The summed E-state index contributed by atoms with van der Waals surface area (Å²) in [4.78, 5) is 0.132. The number of aliphatic hydroxyl groups excluding tert-OH is 1. The fourth-order valence-electron chi connectivity index (χ4n) is 1.62. The van der Waals surface area contributed by atoms with Gasteiger partial charge < -0.3 is 5.11 Å². The minimum Gasteiger partial charge on any atom is -0.393 e. The molecule has 0 bridgehead atoms. The standard InChI is InChI=1S/C10H11BrClNO3S/c11-9-2-1-8(5-10(9)12)17(15,16)13-6-3-7(14)4-6/h1-2,5-7,13-14H,3-4H2. The Bertz CT molecular complexity index is 528. The first-order chi connectivity index (χ1) is 7.88. The van der Waals surface area contributed by atoms with Gasteiger partial charge in [0.15, 0.2) is 0 Å². The lowest BCUT2D eigenvalue weighted by atomic mass is 9.91. The molecule has 0 aliphatic heterocycles. The highest BCUT2D eigenvalue weighted by atomic mass is 79.9. The van der Waals surface area contributed by atoms with Crippen LogP contribution in [0, 0.1) is 0 Å². The molecule has 1 fully saturated rings. The Labute approximate surface area is 113 Å². The van der Waals surface area contributed by atoms with E-state index in [1.807, 2.05) is 0 Å². The third-order valence-electron chi connectivity index (χ3n) is 2.64. The number of halogens is 2. The van der Waals surface area contributed by atoms with Crippen molar-refractivity contribution in [3.63, 3.8) is 0 Å².